The van der Waals surface area contributed by atoms with E-state index < -0.39 is 0 Å². The van der Waals surface area contributed by atoms with Crippen LogP contribution in [-0.2, 0) is 4.79 Å². The lowest BCUT2D eigenvalue weighted by molar-refractivity contribution is -0.119. The molecule has 0 spiro atoms. The molecule has 1 amide bonds. The molecular weight excluding hydrogens is 431 g/mol. The number of methoxy groups -OCH3 is 1. The topological polar surface area (TPSA) is 69.0 Å². The molecule has 3 aromatic rings. The number of ether oxygens (including phenoxy) is 1. The smallest absolute Gasteiger partial charge is 0.230 e. The Hall–Kier alpha value is -2.22. The summed E-state index contributed by atoms with van der Waals surface area (Å²) in [7, 11) is 1.62. The standard InChI is InChI=1S/C20H20Cl2N4O2S/c1-12(14-4-9-17(21)18(22)10-14)23-19(27)11-29-20-25-24-13(2)26(20)15-5-7-16(28-3)8-6-15/h4-10,12H,11H2,1-3H3,(H,23,27). The molecule has 0 aliphatic rings. The highest BCUT2D eigenvalue weighted by Gasteiger charge is 2.15. The highest BCUT2D eigenvalue weighted by Crippen LogP contribution is 2.26. The van der Waals surface area contributed by atoms with Crippen LogP contribution in [0.2, 0.25) is 10.0 Å². The normalized spacial score (nSPS) is 11.9. The van der Waals surface area contributed by atoms with Crippen LogP contribution in [0.5, 0.6) is 5.75 Å². The van der Waals surface area contributed by atoms with Crippen LogP contribution < -0.4 is 10.1 Å². The number of aromatic nitrogens is 3. The fourth-order valence-electron chi connectivity index (χ4n) is 2.74. The maximum absolute atomic E-state index is 12.4. The van der Waals surface area contributed by atoms with Crippen molar-refractivity contribution >= 4 is 40.9 Å². The zero-order valence-corrected chi connectivity index (χ0v) is 18.5. The number of benzene rings is 2. The first kappa shape index (κ1) is 21.5. The summed E-state index contributed by atoms with van der Waals surface area (Å²) >= 11 is 13.3. The molecule has 0 saturated heterocycles. The first-order valence-electron chi connectivity index (χ1n) is 8.82. The van der Waals surface area contributed by atoms with E-state index in [1.54, 1.807) is 19.2 Å². The monoisotopic (exact) mass is 450 g/mol. The van der Waals surface area contributed by atoms with Crippen molar-refractivity contribution in [1.82, 2.24) is 20.1 Å². The van der Waals surface area contributed by atoms with Crippen molar-refractivity contribution < 1.29 is 9.53 Å². The molecule has 3 rings (SSSR count). The molecule has 1 unspecified atom stereocenters. The van der Waals surface area contributed by atoms with Gasteiger partial charge >= 0.3 is 0 Å². The summed E-state index contributed by atoms with van der Waals surface area (Å²) in [5.41, 5.74) is 1.79. The second-order valence-corrected chi connectivity index (χ2v) is 8.07. The molecule has 1 atom stereocenters. The molecule has 0 saturated carbocycles. The van der Waals surface area contributed by atoms with Crippen molar-refractivity contribution in [3.8, 4) is 11.4 Å². The van der Waals surface area contributed by atoms with Crippen molar-refractivity contribution in [3.63, 3.8) is 0 Å². The van der Waals surface area contributed by atoms with Crippen LogP contribution in [0.1, 0.15) is 24.4 Å². The third-order valence-electron chi connectivity index (χ3n) is 4.28. The Kier molecular flexibility index (Phi) is 7.05. The van der Waals surface area contributed by atoms with Crippen LogP contribution in [0.3, 0.4) is 0 Å². The molecule has 0 radical (unpaired) electrons. The van der Waals surface area contributed by atoms with E-state index in [-0.39, 0.29) is 17.7 Å². The first-order chi connectivity index (χ1) is 13.9. The third kappa shape index (κ3) is 5.23. The zero-order valence-electron chi connectivity index (χ0n) is 16.1. The maximum atomic E-state index is 12.4. The van der Waals surface area contributed by atoms with Gasteiger partial charge in [-0.3, -0.25) is 9.36 Å². The second-order valence-electron chi connectivity index (χ2n) is 6.31. The highest BCUT2D eigenvalue weighted by molar-refractivity contribution is 7.99. The van der Waals surface area contributed by atoms with Crippen molar-refractivity contribution in [2.45, 2.75) is 25.0 Å². The van der Waals surface area contributed by atoms with E-state index in [0.29, 0.717) is 15.2 Å². The minimum absolute atomic E-state index is 0.115. The quantitative estimate of drug-likeness (QED) is 0.520. The lowest BCUT2D eigenvalue weighted by atomic mass is 10.1. The third-order valence-corrected chi connectivity index (χ3v) is 5.95. The molecule has 29 heavy (non-hydrogen) atoms. The molecule has 1 aromatic heterocycles. The second kappa shape index (κ2) is 9.52. The van der Waals surface area contributed by atoms with Crippen molar-refractivity contribution in [2.75, 3.05) is 12.9 Å². The summed E-state index contributed by atoms with van der Waals surface area (Å²) in [6, 6.07) is 12.7. The molecule has 1 N–H and O–H groups in total. The largest absolute Gasteiger partial charge is 0.497 e. The molecule has 0 bridgehead atoms. The zero-order chi connectivity index (χ0) is 21.0. The Bertz CT molecular complexity index is 1010. The van der Waals surface area contributed by atoms with E-state index in [1.165, 1.54) is 11.8 Å². The van der Waals surface area contributed by atoms with Gasteiger partial charge < -0.3 is 10.1 Å². The van der Waals surface area contributed by atoms with Gasteiger partial charge in [0.2, 0.25) is 5.91 Å². The van der Waals surface area contributed by atoms with Gasteiger partial charge in [-0.05, 0) is 55.8 Å². The molecule has 0 fully saturated rings. The van der Waals surface area contributed by atoms with Gasteiger partial charge in [0, 0.05) is 5.69 Å². The average Bonchev–Trinajstić information content (AvgIpc) is 3.09. The Labute approximate surface area is 183 Å². The van der Waals surface area contributed by atoms with Crippen LogP contribution in [0.25, 0.3) is 5.69 Å². The predicted molar refractivity (Wildman–Crippen MR) is 116 cm³/mol. The van der Waals surface area contributed by atoms with Gasteiger partial charge in [0.1, 0.15) is 11.6 Å². The van der Waals surface area contributed by atoms with E-state index in [9.17, 15) is 4.79 Å². The van der Waals surface area contributed by atoms with Gasteiger partial charge in [0.15, 0.2) is 5.16 Å². The van der Waals surface area contributed by atoms with Gasteiger partial charge in [-0.1, -0.05) is 41.0 Å². The van der Waals surface area contributed by atoms with Crippen molar-refractivity contribution in [2.24, 2.45) is 0 Å². The molecule has 1 heterocycles. The fraction of sp³-hybridized carbons (Fsp3) is 0.250. The van der Waals surface area contributed by atoms with Crippen LogP contribution >= 0.6 is 35.0 Å². The van der Waals surface area contributed by atoms with Crippen molar-refractivity contribution in [1.29, 1.82) is 0 Å². The number of amides is 1. The number of aryl methyl sites for hydroxylation is 1. The summed E-state index contributed by atoms with van der Waals surface area (Å²) in [5.74, 6) is 1.60. The number of carbonyl (C=O) groups is 1. The SMILES string of the molecule is COc1ccc(-n2c(C)nnc2SCC(=O)NC(C)c2ccc(Cl)c(Cl)c2)cc1. The maximum Gasteiger partial charge on any atom is 0.230 e. The molecular formula is C20H20Cl2N4O2S. The van der Waals surface area contributed by atoms with Gasteiger partial charge in [-0.15, -0.1) is 10.2 Å². The molecule has 0 aliphatic heterocycles. The Balaban J connectivity index is 1.65. The molecule has 2 aromatic carbocycles. The predicted octanol–water partition coefficient (Wildman–Crippen LogP) is 4.86. The minimum Gasteiger partial charge on any atom is -0.497 e. The average molecular weight is 451 g/mol. The van der Waals surface area contributed by atoms with Crippen LogP contribution in [0.4, 0.5) is 0 Å². The summed E-state index contributed by atoms with van der Waals surface area (Å²) in [4.78, 5) is 12.4. The molecule has 9 heteroatoms. The highest BCUT2D eigenvalue weighted by atomic mass is 35.5. The van der Waals surface area contributed by atoms with Crippen LogP contribution in [0.15, 0.2) is 47.6 Å². The molecule has 6 nitrogen and oxygen atoms in total. The lowest BCUT2D eigenvalue weighted by Gasteiger charge is -2.15. The van der Waals surface area contributed by atoms with Gasteiger partial charge in [0.25, 0.3) is 0 Å². The minimum atomic E-state index is -0.195. The van der Waals surface area contributed by atoms with E-state index >= 15 is 0 Å². The number of nitrogens with zero attached hydrogens (tertiary/aromatic N) is 3. The van der Waals surface area contributed by atoms with E-state index in [4.69, 9.17) is 27.9 Å². The Morgan fingerprint density at radius 3 is 2.55 bits per heavy atom. The number of nitrogens with one attached hydrogen (secondary N) is 1. The van der Waals surface area contributed by atoms with Crippen molar-refractivity contribution in [3.05, 3.63) is 63.9 Å². The van der Waals surface area contributed by atoms with Gasteiger partial charge in [-0.25, -0.2) is 0 Å². The lowest BCUT2D eigenvalue weighted by Crippen LogP contribution is -2.28. The Morgan fingerprint density at radius 2 is 1.90 bits per heavy atom. The number of hydrogen-bond donors (Lipinski definition) is 1. The summed E-state index contributed by atoms with van der Waals surface area (Å²) < 4.78 is 7.10. The van der Waals surface area contributed by atoms with E-state index in [2.05, 4.69) is 15.5 Å². The van der Waals surface area contributed by atoms with Gasteiger partial charge in [0.05, 0.1) is 28.9 Å². The number of halogens is 2. The summed E-state index contributed by atoms with van der Waals surface area (Å²) in [6.45, 7) is 3.76. The van der Waals surface area contributed by atoms with E-state index in [1.807, 2.05) is 48.7 Å². The summed E-state index contributed by atoms with van der Waals surface area (Å²) in [5, 5.41) is 12.9. The number of carbonyl (C=O) groups excluding carboxylic acids is 1. The van der Waals surface area contributed by atoms with Crippen LogP contribution in [0, 0.1) is 6.92 Å². The number of thioether (sulfide) groups is 1. The number of rotatable bonds is 7. The van der Waals surface area contributed by atoms with Gasteiger partial charge in [-0.2, -0.15) is 0 Å². The summed E-state index contributed by atoms with van der Waals surface area (Å²) in [6.07, 6.45) is 0. The number of hydrogen-bond acceptors (Lipinski definition) is 5. The van der Waals surface area contributed by atoms with E-state index in [0.717, 1.165) is 22.8 Å². The molecule has 152 valence electrons. The van der Waals surface area contributed by atoms with Crippen LogP contribution in [-0.4, -0.2) is 33.5 Å². The molecule has 0 aliphatic carbocycles. The fourth-order valence-corrected chi connectivity index (χ4v) is 3.86. The first-order valence-corrected chi connectivity index (χ1v) is 10.6. The Morgan fingerprint density at radius 1 is 1.17 bits per heavy atom.